The summed E-state index contributed by atoms with van der Waals surface area (Å²) in [4.78, 5) is 62.8. The van der Waals surface area contributed by atoms with Crippen molar-refractivity contribution in [3.05, 3.63) is 20.8 Å². The number of ether oxygens (including phenoxy) is 1. The van der Waals surface area contributed by atoms with Crippen LogP contribution in [0.25, 0.3) is 10.4 Å². The van der Waals surface area contributed by atoms with Crippen molar-refractivity contribution in [2.45, 2.75) is 24.5 Å². The molecule has 1 aromatic rings. The number of hydrogen-bond acceptors (Lipinski definition) is 15. The highest BCUT2D eigenvalue weighted by atomic mass is 31.2. The molecule has 222 valence electrons. The van der Waals surface area contributed by atoms with Gasteiger partial charge in [0.2, 0.25) is 13.7 Å². The lowest BCUT2D eigenvalue weighted by Crippen LogP contribution is -2.45. The molecule has 3 rings (SSSR count). The minimum Gasteiger partial charge on any atom is -0.790 e. The number of aliphatic hydroxyl groups excluding tert-OH is 2. The third kappa shape index (κ3) is 10.4. The van der Waals surface area contributed by atoms with E-state index in [0.717, 1.165) is 0 Å². The van der Waals surface area contributed by atoms with Crippen LogP contribution in [0.15, 0.2) is 9.91 Å². The Morgan fingerprint density at radius 3 is 2.45 bits per heavy atom. The largest absolute Gasteiger partial charge is 0.790 e. The topological polar surface area (TPSA) is 431 Å². The predicted molar refractivity (Wildman–Crippen MR) is 129 cm³/mol. The number of anilines is 3. The molecule has 0 amide bonds. The van der Waals surface area contributed by atoms with Crippen LogP contribution in [-0.2, 0) is 18.4 Å². The van der Waals surface area contributed by atoms with Crippen molar-refractivity contribution in [2.75, 3.05) is 48.9 Å². The Hall–Kier alpha value is -2.43. The minimum absolute atomic E-state index is 0. The number of phosphoric acid groups is 1. The van der Waals surface area contributed by atoms with E-state index < -0.39 is 52.3 Å². The van der Waals surface area contributed by atoms with Gasteiger partial charge < -0.3 is 77.6 Å². The molecule has 25 heteroatoms. The zero-order valence-electron chi connectivity index (χ0n) is 20.9. The first kappa shape index (κ1) is 37.7. The van der Waals surface area contributed by atoms with Crippen LogP contribution in [-0.4, -0.2) is 83.0 Å². The van der Waals surface area contributed by atoms with Gasteiger partial charge in [-0.1, -0.05) is 5.11 Å². The molecule has 23 nitrogen and oxygen atoms in total. The normalized spacial score (nSPS) is 23.3. The highest BCUT2D eigenvalue weighted by Crippen LogP contribution is 2.37. The summed E-state index contributed by atoms with van der Waals surface area (Å²) in [5.74, 6) is -0.00416. The SMILES string of the molecule is CN1CN([C@@H]2O[C@H](COP(=O)([O-])[O-])[C@@H](O)[C@H]2O)c2nc(N)[nH]c(=O)c21.[N-]=[N+]=NCCNP(=O)([O-])O.[NH4+].[NH4+].[NH4+]. The van der Waals surface area contributed by atoms with Crippen LogP contribution in [0, 0.1) is 0 Å². The summed E-state index contributed by atoms with van der Waals surface area (Å²) in [6, 6.07) is 0. The zero-order valence-corrected chi connectivity index (χ0v) is 22.7. The Morgan fingerprint density at radius 1 is 1.32 bits per heavy atom. The molecule has 0 saturated carbocycles. The van der Waals surface area contributed by atoms with E-state index in [0.29, 0.717) is 0 Å². The van der Waals surface area contributed by atoms with Gasteiger partial charge in [0.05, 0.1) is 21.1 Å². The fourth-order valence-electron chi connectivity index (χ4n) is 3.16. The molecule has 1 fully saturated rings. The van der Waals surface area contributed by atoms with Gasteiger partial charge in [0, 0.05) is 25.0 Å². The van der Waals surface area contributed by atoms with E-state index in [-0.39, 0.29) is 55.7 Å². The van der Waals surface area contributed by atoms with Gasteiger partial charge in [-0.05, 0) is 5.53 Å². The fourth-order valence-corrected chi connectivity index (χ4v) is 3.87. The number of aromatic amines is 1. The molecule has 0 bridgehead atoms. The maximum Gasteiger partial charge on any atom is 0.278 e. The molecule has 19 N–H and O–H groups in total. The summed E-state index contributed by atoms with van der Waals surface area (Å²) in [5.41, 5.74) is 13.0. The van der Waals surface area contributed by atoms with Crippen LogP contribution in [0.2, 0.25) is 0 Å². The van der Waals surface area contributed by atoms with Crippen molar-refractivity contribution in [1.29, 1.82) is 0 Å². The molecule has 2 aliphatic heterocycles. The number of fused-ring (bicyclic) bond motifs is 1. The van der Waals surface area contributed by atoms with Crippen LogP contribution >= 0.6 is 15.6 Å². The lowest BCUT2D eigenvalue weighted by atomic mass is 10.1. The maximum atomic E-state index is 12.0. The van der Waals surface area contributed by atoms with E-state index in [4.69, 9.17) is 20.9 Å². The number of H-pyrrole nitrogens is 1. The number of aromatic nitrogens is 2. The van der Waals surface area contributed by atoms with Gasteiger partial charge in [-0.2, -0.15) is 4.98 Å². The molecular weight excluding hydrogens is 562 g/mol. The smallest absolute Gasteiger partial charge is 0.278 e. The fraction of sp³-hybridized carbons (Fsp3) is 0.692. The third-order valence-electron chi connectivity index (χ3n) is 4.54. The molecule has 38 heavy (non-hydrogen) atoms. The van der Waals surface area contributed by atoms with Gasteiger partial charge in [-0.15, -0.1) is 0 Å². The Labute approximate surface area is 214 Å². The first-order valence-electron chi connectivity index (χ1n) is 9.50. The number of phosphoric ester groups is 1. The molecule has 0 radical (unpaired) electrons. The number of nitrogens with one attached hydrogen (secondary N) is 2. The van der Waals surface area contributed by atoms with Gasteiger partial charge in [0.1, 0.15) is 24.0 Å². The molecule has 1 unspecified atom stereocenters. The van der Waals surface area contributed by atoms with E-state index in [2.05, 4.69) is 24.5 Å². The first-order valence-corrected chi connectivity index (χ1v) is 12.5. The summed E-state index contributed by atoms with van der Waals surface area (Å²) < 4.78 is 30.0. The van der Waals surface area contributed by atoms with Gasteiger partial charge in [0.25, 0.3) is 5.56 Å². The third-order valence-corrected chi connectivity index (χ3v) is 5.63. The van der Waals surface area contributed by atoms with Gasteiger partial charge in [-0.3, -0.25) is 19.4 Å². The van der Waals surface area contributed by atoms with Crippen LogP contribution in [0.5, 0.6) is 0 Å². The Bertz CT molecular complexity index is 1090. The maximum absolute atomic E-state index is 12.0. The second-order valence-electron chi connectivity index (χ2n) is 7.10. The van der Waals surface area contributed by atoms with E-state index in [1.54, 1.807) is 12.1 Å². The average molecular weight is 596 g/mol. The molecule has 3 heterocycles. The summed E-state index contributed by atoms with van der Waals surface area (Å²) in [7, 11) is -8.04. The monoisotopic (exact) mass is 596 g/mol. The Morgan fingerprint density at radius 2 is 1.92 bits per heavy atom. The van der Waals surface area contributed by atoms with Crippen molar-refractivity contribution in [3.63, 3.8) is 0 Å². The molecule has 1 aromatic heterocycles. The number of quaternary nitrogens is 3. The van der Waals surface area contributed by atoms with E-state index in [1.165, 1.54) is 9.80 Å². The van der Waals surface area contributed by atoms with Crippen molar-refractivity contribution < 1.29 is 48.2 Å². The number of aliphatic hydroxyl groups is 2. The summed E-state index contributed by atoms with van der Waals surface area (Å²) in [5, 5.41) is 25.0. The van der Waals surface area contributed by atoms with Crippen LogP contribution < -0.4 is 59.3 Å². The zero-order chi connectivity index (χ0) is 26.6. The highest BCUT2D eigenvalue weighted by Gasteiger charge is 2.48. The number of nitrogens with two attached hydrogens (primary N) is 1. The number of hydrogen-bond donors (Lipinski definition) is 9. The quantitative estimate of drug-likeness (QED) is 0.0458. The van der Waals surface area contributed by atoms with Gasteiger partial charge in [-0.25, -0.2) is 0 Å². The highest BCUT2D eigenvalue weighted by molar-refractivity contribution is 7.48. The minimum atomic E-state index is -5.25. The average Bonchev–Trinajstić information content (AvgIpc) is 3.19. The number of nitrogens with zero attached hydrogens (tertiary/aromatic N) is 6. The second kappa shape index (κ2) is 15.2. The van der Waals surface area contributed by atoms with Crippen molar-refractivity contribution in [1.82, 2.24) is 33.5 Å². The van der Waals surface area contributed by atoms with Gasteiger partial charge >= 0.3 is 0 Å². The van der Waals surface area contributed by atoms with Crippen LogP contribution in [0.3, 0.4) is 0 Å². The molecule has 0 aromatic carbocycles. The second-order valence-corrected chi connectivity index (χ2v) is 9.61. The summed E-state index contributed by atoms with van der Waals surface area (Å²) in [6.07, 6.45) is -5.39. The van der Waals surface area contributed by atoms with E-state index in [1.807, 2.05) is 0 Å². The van der Waals surface area contributed by atoms with Crippen LogP contribution in [0.1, 0.15) is 0 Å². The number of rotatable bonds is 8. The van der Waals surface area contributed by atoms with Crippen LogP contribution in [0.4, 0.5) is 17.5 Å². The predicted octanol–water partition coefficient (Wildman–Crippen LogP) is -3.67. The van der Waals surface area contributed by atoms with E-state index in [9.17, 15) is 38.8 Å². The molecular formula is C13H34N12O11P2. The van der Waals surface area contributed by atoms with Crippen molar-refractivity contribution >= 4 is 33.0 Å². The first-order chi connectivity index (χ1) is 16.1. The lowest BCUT2D eigenvalue weighted by Gasteiger charge is -2.30. The standard InChI is InChI=1S/C11H18N5O8P.C2H7N4O3P.3H3N/c1-15-3-16(8-5(15)9(19)14-11(12)13-8)10-7(18)6(17)4(24-10)2-23-25(20,21)22;3-6-4-1-2-5-10(7,8)9;;;/h4,6-7,10,17-18H,2-3H2,1H3,(H2,20,21,22)(H3,12,13,14,19);1-2H2,(H3,5,7,8,9);3*1H3/t4-,6-,7-,10-;;;;/m1..../s1. The Balaban J connectivity index is 0. The molecule has 0 spiro atoms. The van der Waals surface area contributed by atoms with E-state index >= 15 is 0 Å². The Kier molecular flexibility index (Phi) is 15.1. The number of nitrogen functional groups attached to an aromatic ring is 1. The molecule has 5 atom stereocenters. The molecule has 1 saturated heterocycles. The number of azide groups is 1. The van der Waals surface area contributed by atoms with Crippen molar-refractivity contribution in [2.24, 2.45) is 5.11 Å². The molecule has 2 aliphatic rings. The lowest BCUT2D eigenvalue weighted by molar-refractivity contribution is -0.343. The summed E-state index contributed by atoms with van der Waals surface area (Å²) >= 11 is 0. The van der Waals surface area contributed by atoms with Crippen molar-refractivity contribution in [3.8, 4) is 0 Å². The van der Waals surface area contributed by atoms with Gasteiger partial charge in [0.15, 0.2) is 12.0 Å². The summed E-state index contributed by atoms with van der Waals surface area (Å²) in [6.45, 7) is -0.746. The molecule has 0 aliphatic carbocycles.